The first-order valence-electron chi connectivity index (χ1n) is 3.91. The summed E-state index contributed by atoms with van der Waals surface area (Å²) in [6.45, 7) is 0. The highest BCUT2D eigenvalue weighted by molar-refractivity contribution is 6.21. The van der Waals surface area contributed by atoms with Gasteiger partial charge in [0, 0.05) is 6.42 Å². The molecule has 0 saturated carbocycles. The third-order valence-corrected chi connectivity index (χ3v) is 2.28. The van der Waals surface area contributed by atoms with Crippen LogP contribution in [0, 0.1) is 0 Å². The molecule has 0 aromatic carbocycles. The van der Waals surface area contributed by atoms with Crippen LogP contribution in [-0.2, 0) is 0 Å². The molecule has 0 nitrogen and oxygen atoms in total. The van der Waals surface area contributed by atoms with E-state index in [0.717, 1.165) is 0 Å². The van der Waals surface area contributed by atoms with Crippen molar-refractivity contribution < 1.29 is 43.9 Å². The third-order valence-electron chi connectivity index (χ3n) is 1.82. The normalized spacial score (nSPS) is 15.5. The molecule has 0 aliphatic rings. The zero-order chi connectivity index (χ0) is 14.9. The number of halogens is 11. The molecule has 18 heavy (non-hydrogen) atoms. The van der Waals surface area contributed by atoms with Crippen LogP contribution in [0.3, 0.4) is 0 Å². The van der Waals surface area contributed by atoms with Crippen LogP contribution in [0.15, 0.2) is 11.9 Å². The summed E-state index contributed by atoms with van der Waals surface area (Å²) in [7, 11) is 0. The topological polar surface area (TPSA) is 0 Å². The van der Waals surface area contributed by atoms with Crippen LogP contribution in [0.1, 0.15) is 6.42 Å². The van der Waals surface area contributed by atoms with Crippen molar-refractivity contribution in [1.82, 2.24) is 0 Å². The van der Waals surface area contributed by atoms with Gasteiger partial charge in [-0.25, -0.2) is 8.78 Å². The van der Waals surface area contributed by atoms with Crippen molar-refractivity contribution in [2.45, 2.75) is 29.8 Å². The Kier molecular flexibility index (Phi) is 4.95. The molecule has 1 unspecified atom stereocenters. The molecule has 0 N–H and O–H groups in total. The van der Waals surface area contributed by atoms with E-state index in [0.29, 0.717) is 0 Å². The number of hydrogen-bond acceptors (Lipinski definition) is 0. The standard InChI is InChI=1S/C7H3ClF10/c8-3(1-2(9)4(10)11)5(12,6(13,14)15)7(16,17)18/h3H,1H2. The average molecular weight is 313 g/mol. The molecule has 0 aromatic rings. The van der Waals surface area contributed by atoms with Crippen LogP contribution < -0.4 is 0 Å². The van der Waals surface area contributed by atoms with E-state index in [2.05, 4.69) is 11.6 Å². The van der Waals surface area contributed by atoms with Gasteiger partial charge in [0.2, 0.25) is 0 Å². The van der Waals surface area contributed by atoms with Crippen LogP contribution in [0.25, 0.3) is 0 Å². The van der Waals surface area contributed by atoms with Gasteiger partial charge in [-0.05, 0) is 0 Å². The molecule has 0 heterocycles. The minimum absolute atomic E-state index is 2.25. The number of alkyl halides is 8. The quantitative estimate of drug-likeness (QED) is 0.514. The van der Waals surface area contributed by atoms with Gasteiger partial charge in [-0.2, -0.15) is 35.1 Å². The van der Waals surface area contributed by atoms with Crippen molar-refractivity contribution >= 4 is 11.6 Å². The molecule has 0 aliphatic carbocycles. The van der Waals surface area contributed by atoms with Crippen molar-refractivity contribution in [2.75, 3.05) is 0 Å². The molecule has 0 bridgehead atoms. The molecular formula is C7H3ClF10. The molecule has 108 valence electrons. The van der Waals surface area contributed by atoms with E-state index < -0.39 is 41.7 Å². The predicted octanol–water partition coefficient (Wildman–Crippen LogP) is 4.89. The van der Waals surface area contributed by atoms with E-state index in [1.165, 1.54) is 0 Å². The first-order valence-corrected chi connectivity index (χ1v) is 4.34. The van der Waals surface area contributed by atoms with Crippen molar-refractivity contribution in [3.8, 4) is 0 Å². The smallest absolute Gasteiger partial charge is 0.222 e. The fourth-order valence-corrected chi connectivity index (χ4v) is 1.27. The van der Waals surface area contributed by atoms with Crippen molar-refractivity contribution in [1.29, 1.82) is 0 Å². The lowest BCUT2D eigenvalue weighted by Crippen LogP contribution is -2.59. The highest BCUT2D eigenvalue weighted by Crippen LogP contribution is 2.51. The van der Waals surface area contributed by atoms with Gasteiger partial charge in [-0.3, -0.25) is 0 Å². The van der Waals surface area contributed by atoms with E-state index in [1.54, 1.807) is 0 Å². The molecule has 11 heteroatoms. The number of rotatable bonds is 3. The van der Waals surface area contributed by atoms with Crippen LogP contribution in [-0.4, -0.2) is 23.4 Å². The summed E-state index contributed by atoms with van der Waals surface area (Å²) in [6.07, 6.45) is -18.5. The maximum absolute atomic E-state index is 13.0. The first-order chi connectivity index (χ1) is 7.75. The van der Waals surface area contributed by atoms with E-state index in [9.17, 15) is 43.9 Å². The largest absolute Gasteiger partial charge is 0.433 e. The summed E-state index contributed by atoms with van der Waals surface area (Å²) in [5.74, 6) is -2.65. The minimum Gasteiger partial charge on any atom is -0.222 e. The van der Waals surface area contributed by atoms with Crippen LogP contribution >= 0.6 is 11.6 Å². The van der Waals surface area contributed by atoms with Crippen LogP contribution in [0.5, 0.6) is 0 Å². The molecule has 0 amide bonds. The Morgan fingerprint density at radius 1 is 0.833 bits per heavy atom. The fraction of sp³-hybridized carbons (Fsp3) is 0.714. The average Bonchev–Trinajstić information content (AvgIpc) is 2.12. The molecule has 0 spiro atoms. The Balaban J connectivity index is 5.46. The summed E-state index contributed by atoms with van der Waals surface area (Å²) in [4.78, 5) is 0. The zero-order valence-corrected chi connectivity index (χ0v) is 8.70. The molecule has 0 fully saturated rings. The second-order valence-corrected chi connectivity index (χ2v) is 3.57. The van der Waals surface area contributed by atoms with Gasteiger partial charge in [-0.15, -0.1) is 11.6 Å². The Morgan fingerprint density at radius 2 is 1.17 bits per heavy atom. The van der Waals surface area contributed by atoms with E-state index in [4.69, 9.17) is 0 Å². The Hall–Kier alpha value is -0.670. The Bertz CT molecular complexity index is 308. The van der Waals surface area contributed by atoms with E-state index in [1.807, 2.05) is 0 Å². The zero-order valence-electron chi connectivity index (χ0n) is 7.94. The highest BCUT2D eigenvalue weighted by Gasteiger charge is 2.75. The second kappa shape index (κ2) is 5.14. The first kappa shape index (κ1) is 17.3. The second-order valence-electron chi connectivity index (χ2n) is 3.04. The summed E-state index contributed by atoms with van der Waals surface area (Å²) in [6, 6.07) is 0. The summed E-state index contributed by atoms with van der Waals surface area (Å²) >= 11 is 4.47. The van der Waals surface area contributed by atoms with Gasteiger partial charge in [0.05, 0.1) is 5.38 Å². The van der Waals surface area contributed by atoms with E-state index >= 15 is 0 Å². The van der Waals surface area contributed by atoms with Crippen LogP contribution in [0.4, 0.5) is 43.9 Å². The summed E-state index contributed by atoms with van der Waals surface area (Å²) in [5.41, 5.74) is -5.99. The minimum atomic E-state index is -6.52. The van der Waals surface area contributed by atoms with Crippen LogP contribution in [0.2, 0.25) is 0 Å². The summed E-state index contributed by atoms with van der Waals surface area (Å²) in [5, 5.41) is -3.61. The van der Waals surface area contributed by atoms with Gasteiger partial charge >= 0.3 is 24.1 Å². The maximum atomic E-state index is 13.0. The molecule has 1 atom stereocenters. The Labute approximate surface area is 98.2 Å². The van der Waals surface area contributed by atoms with Crippen molar-refractivity contribution in [3.05, 3.63) is 11.9 Å². The molecule has 0 radical (unpaired) electrons. The lowest BCUT2D eigenvalue weighted by Gasteiger charge is -2.33. The molecular weight excluding hydrogens is 310 g/mol. The fourth-order valence-electron chi connectivity index (χ4n) is 0.891. The SMILES string of the molecule is FC(F)=C(F)CC(Cl)C(F)(C(F)(F)F)C(F)(F)F. The lowest BCUT2D eigenvalue weighted by atomic mass is 9.97. The van der Waals surface area contributed by atoms with Gasteiger partial charge in [-0.1, -0.05) is 0 Å². The van der Waals surface area contributed by atoms with Crippen molar-refractivity contribution in [3.63, 3.8) is 0 Å². The monoisotopic (exact) mass is 312 g/mol. The molecule has 0 aliphatic heterocycles. The van der Waals surface area contributed by atoms with Gasteiger partial charge in [0.25, 0.3) is 0 Å². The number of hydrogen-bond donors (Lipinski definition) is 0. The molecule has 0 aromatic heterocycles. The predicted molar refractivity (Wildman–Crippen MR) is 40.6 cm³/mol. The molecule has 0 rings (SSSR count). The summed E-state index contributed by atoms with van der Waals surface area (Å²) < 4.78 is 120. The van der Waals surface area contributed by atoms with Gasteiger partial charge < -0.3 is 0 Å². The maximum Gasteiger partial charge on any atom is 0.433 e. The van der Waals surface area contributed by atoms with Gasteiger partial charge in [0.1, 0.15) is 0 Å². The number of allylic oxidation sites excluding steroid dienone is 1. The highest BCUT2D eigenvalue weighted by atomic mass is 35.5. The van der Waals surface area contributed by atoms with Gasteiger partial charge in [0.15, 0.2) is 5.83 Å². The molecule has 0 saturated heterocycles. The lowest BCUT2D eigenvalue weighted by molar-refractivity contribution is -0.341. The third kappa shape index (κ3) is 3.21. The van der Waals surface area contributed by atoms with Crippen molar-refractivity contribution in [2.24, 2.45) is 0 Å². The van der Waals surface area contributed by atoms with E-state index in [-0.39, 0.29) is 0 Å². The Morgan fingerprint density at radius 3 is 1.39 bits per heavy atom.